The van der Waals surface area contributed by atoms with Crippen LogP contribution >= 0.6 is 0 Å². The molecule has 1 amide bonds. The topological polar surface area (TPSA) is 59.4 Å². The molecule has 120 valence electrons. The van der Waals surface area contributed by atoms with Gasteiger partial charge in [-0.05, 0) is 12.1 Å². The fraction of sp³-hybridized carbons (Fsp3) is 0.105. The van der Waals surface area contributed by atoms with Gasteiger partial charge in [0.05, 0.1) is 11.2 Å². The maximum atomic E-state index is 12.9. The van der Waals surface area contributed by atoms with Crippen LogP contribution in [0.3, 0.4) is 0 Å². The number of ketones is 1. The first kappa shape index (κ1) is 15.7. The van der Waals surface area contributed by atoms with E-state index in [-0.39, 0.29) is 11.8 Å². The van der Waals surface area contributed by atoms with Gasteiger partial charge in [0.1, 0.15) is 6.29 Å². The highest BCUT2D eigenvalue weighted by molar-refractivity contribution is 6.13. The summed E-state index contributed by atoms with van der Waals surface area (Å²) in [5.74, 6) is -0.265. The molecule has 0 bridgehead atoms. The second kappa shape index (κ2) is 6.12. The van der Waals surface area contributed by atoms with Gasteiger partial charge in [0.2, 0.25) is 5.78 Å². The van der Waals surface area contributed by atoms with E-state index in [9.17, 15) is 14.4 Å². The van der Waals surface area contributed by atoms with E-state index in [1.54, 1.807) is 44.4 Å². The van der Waals surface area contributed by atoms with Crippen LogP contribution < -0.4 is 0 Å². The Kier molecular flexibility index (Phi) is 4.00. The van der Waals surface area contributed by atoms with E-state index in [0.717, 1.165) is 11.7 Å². The lowest BCUT2D eigenvalue weighted by Crippen LogP contribution is -2.29. The summed E-state index contributed by atoms with van der Waals surface area (Å²) < 4.78 is 1.42. The fourth-order valence-corrected chi connectivity index (χ4v) is 2.59. The third-order valence-electron chi connectivity index (χ3n) is 3.83. The number of para-hydroxylation sites is 1. The molecular weight excluding hydrogens is 304 g/mol. The number of aromatic nitrogens is 1. The van der Waals surface area contributed by atoms with Crippen molar-refractivity contribution < 1.29 is 14.4 Å². The third kappa shape index (κ3) is 2.60. The van der Waals surface area contributed by atoms with Gasteiger partial charge in [0, 0.05) is 30.6 Å². The Labute approximate surface area is 139 Å². The Morgan fingerprint density at radius 3 is 2.29 bits per heavy atom. The summed E-state index contributed by atoms with van der Waals surface area (Å²) in [5, 5.41) is 0.820. The van der Waals surface area contributed by atoms with Gasteiger partial charge in [-0.1, -0.05) is 42.5 Å². The molecule has 2 aromatic carbocycles. The molecule has 5 nitrogen and oxygen atoms in total. The molecule has 0 unspecified atom stereocenters. The van der Waals surface area contributed by atoms with Crippen molar-refractivity contribution >= 4 is 29.0 Å². The van der Waals surface area contributed by atoms with E-state index in [1.807, 2.05) is 24.3 Å². The highest BCUT2D eigenvalue weighted by Gasteiger charge is 2.22. The number of carbonyl (C=O) groups excluding carboxylic acids is 3. The smallest absolute Gasteiger partial charge is 0.328 e. The first-order valence-corrected chi connectivity index (χ1v) is 7.45. The minimum atomic E-state index is -0.288. The van der Waals surface area contributed by atoms with E-state index >= 15 is 0 Å². The summed E-state index contributed by atoms with van der Waals surface area (Å²) in [6.07, 6.45) is 0.723. The van der Waals surface area contributed by atoms with E-state index in [0.29, 0.717) is 22.3 Å². The average Bonchev–Trinajstić information content (AvgIpc) is 2.99. The van der Waals surface area contributed by atoms with Gasteiger partial charge in [-0.3, -0.25) is 14.2 Å². The highest BCUT2D eigenvalue weighted by Crippen LogP contribution is 2.23. The van der Waals surface area contributed by atoms with Crippen LogP contribution in [0.5, 0.6) is 0 Å². The van der Waals surface area contributed by atoms with Gasteiger partial charge in [-0.15, -0.1) is 0 Å². The lowest BCUT2D eigenvalue weighted by Gasteiger charge is -2.14. The van der Waals surface area contributed by atoms with Gasteiger partial charge >= 0.3 is 6.03 Å². The van der Waals surface area contributed by atoms with Gasteiger partial charge in [-0.25, -0.2) is 4.79 Å². The normalized spacial score (nSPS) is 10.6. The lowest BCUT2D eigenvalue weighted by molar-refractivity contribution is 0.102. The molecule has 0 N–H and O–H groups in total. The van der Waals surface area contributed by atoms with Gasteiger partial charge in [0.25, 0.3) is 0 Å². The molecule has 0 aliphatic carbocycles. The third-order valence-corrected chi connectivity index (χ3v) is 3.83. The molecule has 24 heavy (non-hydrogen) atoms. The number of amides is 1. The number of hydrogen-bond acceptors (Lipinski definition) is 3. The first-order valence-electron chi connectivity index (χ1n) is 7.45. The molecule has 0 fully saturated rings. The second-order valence-corrected chi connectivity index (χ2v) is 5.67. The molecule has 0 radical (unpaired) electrons. The Bertz CT molecular complexity index is 937. The van der Waals surface area contributed by atoms with Crippen LogP contribution in [0.1, 0.15) is 26.4 Å². The lowest BCUT2D eigenvalue weighted by atomic mass is 10.1. The minimum Gasteiger partial charge on any atom is -0.330 e. The Balaban J connectivity index is 2.17. The van der Waals surface area contributed by atoms with Gasteiger partial charge in [-0.2, -0.15) is 0 Å². The summed E-state index contributed by atoms with van der Waals surface area (Å²) in [7, 11) is 3.29. The van der Waals surface area contributed by atoms with Crippen LogP contribution in [0.2, 0.25) is 0 Å². The van der Waals surface area contributed by atoms with Crippen molar-refractivity contribution in [3.05, 3.63) is 71.4 Å². The molecule has 0 spiro atoms. The number of fused-ring (bicyclic) bond motifs is 1. The number of nitrogens with zero attached hydrogens (tertiary/aromatic N) is 2. The molecule has 0 saturated heterocycles. The fourth-order valence-electron chi connectivity index (χ4n) is 2.59. The van der Waals surface area contributed by atoms with E-state index < -0.39 is 0 Å². The van der Waals surface area contributed by atoms with Crippen molar-refractivity contribution in [3.8, 4) is 0 Å². The maximum absolute atomic E-state index is 12.9. The minimum absolute atomic E-state index is 0.265. The standard InChI is InChI=1S/C19H16N2O3/c1-20(2)19(24)21-16-6-4-3-5-15(16)11-17(21)18(23)14-9-7-13(12-22)8-10-14/h3-12H,1-2H3. The van der Waals surface area contributed by atoms with Crippen molar-refractivity contribution in [2.45, 2.75) is 0 Å². The van der Waals surface area contributed by atoms with E-state index in [1.165, 1.54) is 9.47 Å². The van der Waals surface area contributed by atoms with Crippen LogP contribution in [-0.4, -0.2) is 41.7 Å². The summed E-state index contributed by atoms with van der Waals surface area (Å²) in [6.45, 7) is 0. The van der Waals surface area contributed by atoms with Crippen molar-refractivity contribution in [1.82, 2.24) is 9.47 Å². The van der Waals surface area contributed by atoms with Gasteiger partial charge < -0.3 is 4.90 Å². The van der Waals surface area contributed by atoms with Crippen molar-refractivity contribution in [1.29, 1.82) is 0 Å². The molecule has 1 aromatic heterocycles. The van der Waals surface area contributed by atoms with Crippen molar-refractivity contribution in [3.63, 3.8) is 0 Å². The molecule has 1 heterocycles. The molecule has 3 aromatic rings. The summed E-state index contributed by atoms with van der Waals surface area (Å²) in [4.78, 5) is 37.6. The molecule has 5 heteroatoms. The SMILES string of the molecule is CN(C)C(=O)n1c(C(=O)c2ccc(C=O)cc2)cc2ccccc21. The molecule has 3 rings (SSSR count). The predicted molar refractivity (Wildman–Crippen MR) is 91.7 cm³/mol. The Morgan fingerprint density at radius 1 is 1.00 bits per heavy atom. The largest absolute Gasteiger partial charge is 0.330 e. The molecule has 0 aliphatic heterocycles. The zero-order valence-corrected chi connectivity index (χ0v) is 13.4. The second-order valence-electron chi connectivity index (χ2n) is 5.67. The molecular formula is C19H16N2O3. The zero-order valence-electron chi connectivity index (χ0n) is 13.4. The number of carbonyl (C=O) groups is 3. The summed E-state index contributed by atoms with van der Waals surface area (Å²) in [6, 6.07) is 15.1. The Morgan fingerprint density at radius 2 is 1.67 bits per heavy atom. The van der Waals surface area contributed by atoms with E-state index in [2.05, 4.69) is 0 Å². The molecule has 0 aliphatic rings. The Hall–Kier alpha value is -3.21. The number of hydrogen-bond donors (Lipinski definition) is 0. The predicted octanol–water partition coefficient (Wildman–Crippen LogP) is 3.21. The van der Waals surface area contributed by atoms with E-state index in [4.69, 9.17) is 0 Å². The average molecular weight is 320 g/mol. The van der Waals surface area contributed by atoms with Gasteiger partial charge in [0.15, 0.2) is 0 Å². The molecule has 0 atom stereocenters. The van der Waals surface area contributed by atoms with Crippen molar-refractivity contribution in [2.24, 2.45) is 0 Å². The quantitative estimate of drug-likeness (QED) is 0.550. The van der Waals surface area contributed by atoms with Crippen LogP contribution in [0.4, 0.5) is 4.79 Å². The van der Waals surface area contributed by atoms with Crippen LogP contribution in [0.15, 0.2) is 54.6 Å². The number of benzene rings is 2. The van der Waals surface area contributed by atoms with Crippen LogP contribution in [0.25, 0.3) is 10.9 Å². The van der Waals surface area contributed by atoms with Crippen molar-refractivity contribution in [2.75, 3.05) is 14.1 Å². The number of rotatable bonds is 3. The van der Waals surface area contributed by atoms with Crippen LogP contribution in [-0.2, 0) is 0 Å². The maximum Gasteiger partial charge on any atom is 0.328 e. The zero-order chi connectivity index (χ0) is 17.3. The monoisotopic (exact) mass is 320 g/mol. The summed E-state index contributed by atoms with van der Waals surface area (Å²) in [5.41, 5.74) is 1.91. The first-order chi connectivity index (χ1) is 11.5. The number of aldehydes is 1. The molecule has 0 saturated carbocycles. The van der Waals surface area contributed by atoms with Crippen LogP contribution in [0, 0.1) is 0 Å². The summed E-state index contributed by atoms with van der Waals surface area (Å²) >= 11 is 0. The highest BCUT2D eigenvalue weighted by atomic mass is 16.2.